The van der Waals surface area contributed by atoms with Crippen LogP contribution in [0.2, 0.25) is 0 Å². The molecule has 1 saturated carbocycles. The average molecular weight is 304 g/mol. The smallest absolute Gasteiger partial charge is 0.0900 e. The lowest BCUT2D eigenvalue weighted by Crippen LogP contribution is -2.16. The highest BCUT2D eigenvalue weighted by Crippen LogP contribution is 2.29. The molecule has 0 saturated heterocycles. The molecule has 3 rings (SSSR count). The lowest BCUT2D eigenvalue weighted by atomic mass is 9.96. The van der Waals surface area contributed by atoms with Crippen LogP contribution in [-0.2, 0) is 6.42 Å². The van der Waals surface area contributed by atoms with Crippen molar-refractivity contribution >= 4 is 11.3 Å². The Morgan fingerprint density at radius 3 is 2.76 bits per heavy atom. The highest BCUT2D eigenvalue weighted by Gasteiger charge is 2.18. The molecule has 1 aliphatic carbocycles. The highest BCUT2D eigenvalue weighted by atomic mass is 32.1. The van der Waals surface area contributed by atoms with E-state index in [0.29, 0.717) is 6.04 Å². The van der Waals surface area contributed by atoms with Crippen molar-refractivity contribution < 1.29 is 0 Å². The van der Waals surface area contributed by atoms with Crippen LogP contribution in [0.15, 0.2) is 12.3 Å². The molecule has 1 unspecified atom stereocenters. The molecule has 4 nitrogen and oxygen atoms in total. The monoisotopic (exact) mass is 304 g/mol. The Kier molecular flexibility index (Phi) is 4.40. The molecule has 0 aliphatic heterocycles. The van der Waals surface area contributed by atoms with E-state index >= 15 is 0 Å². The van der Waals surface area contributed by atoms with E-state index in [0.717, 1.165) is 22.8 Å². The van der Waals surface area contributed by atoms with Gasteiger partial charge in [0.1, 0.15) is 0 Å². The number of rotatable bonds is 4. The summed E-state index contributed by atoms with van der Waals surface area (Å²) in [5, 5.41) is 5.85. The van der Waals surface area contributed by atoms with E-state index in [1.54, 1.807) is 11.3 Å². The molecule has 1 aliphatic rings. The van der Waals surface area contributed by atoms with Crippen molar-refractivity contribution in [3.8, 4) is 0 Å². The molecule has 1 atom stereocenters. The number of aromatic nitrogens is 3. The summed E-state index contributed by atoms with van der Waals surface area (Å²) < 4.78 is 2.16. The van der Waals surface area contributed by atoms with Gasteiger partial charge < -0.3 is 5.73 Å². The molecule has 0 bridgehead atoms. The van der Waals surface area contributed by atoms with Crippen molar-refractivity contribution in [3.05, 3.63) is 33.5 Å². The lowest BCUT2D eigenvalue weighted by Gasteiger charge is -2.21. The zero-order chi connectivity index (χ0) is 14.8. The van der Waals surface area contributed by atoms with E-state index in [1.807, 2.05) is 13.8 Å². The summed E-state index contributed by atoms with van der Waals surface area (Å²) in [4.78, 5) is 5.66. The minimum atomic E-state index is 0.00547. The minimum Gasteiger partial charge on any atom is -0.323 e. The first-order valence-electron chi connectivity index (χ1n) is 7.87. The Bertz CT molecular complexity index is 595. The SMILES string of the molecule is Cc1nc(C)c(C(N)Cc2ccn(C3CCCCC3)n2)s1. The van der Waals surface area contributed by atoms with Crippen LogP contribution in [0.4, 0.5) is 0 Å². The summed E-state index contributed by atoms with van der Waals surface area (Å²) in [5.74, 6) is 0. The fraction of sp³-hybridized carbons (Fsp3) is 0.625. The highest BCUT2D eigenvalue weighted by molar-refractivity contribution is 7.11. The summed E-state index contributed by atoms with van der Waals surface area (Å²) in [7, 11) is 0. The van der Waals surface area contributed by atoms with Gasteiger partial charge in [-0.3, -0.25) is 4.68 Å². The predicted octanol–water partition coefficient (Wildman–Crippen LogP) is 3.70. The van der Waals surface area contributed by atoms with Gasteiger partial charge in [0.2, 0.25) is 0 Å². The van der Waals surface area contributed by atoms with Gasteiger partial charge in [-0.15, -0.1) is 11.3 Å². The Morgan fingerprint density at radius 1 is 1.33 bits per heavy atom. The Morgan fingerprint density at radius 2 is 2.10 bits per heavy atom. The maximum atomic E-state index is 6.35. The lowest BCUT2D eigenvalue weighted by molar-refractivity contribution is 0.328. The van der Waals surface area contributed by atoms with Crippen molar-refractivity contribution in [2.75, 3.05) is 0 Å². The number of hydrogen-bond acceptors (Lipinski definition) is 4. The molecular formula is C16H24N4S. The summed E-state index contributed by atoms with van der Waals surface area (Å²) >= 11 is 1.71. The number of aryl methyl sites for hydroxylation is 2. The van der Waals surface area contributed by atoms with Crippen molar-refractivity contribution in [1.82, 2.24) is 14.8 Å². The third kappa shape index (κ3) is 3.35. The average Bonchev–Trinajstić information content (AvgIpc) is 3.06. The molecule has 0 aromatic carbocycles. The number of nitrogens with two attached hydrogens (primary N) is 1. The molecule has 0 spiro atoms. The maximum absolute atomic E-state index is 6.35. The van der Waals surface area contributed by atoms with Gasteiger partial charge in [0.05, 0.1) is 22.4 Å². The van der Waals surface area contributed by atoms with Crippen LogP contribution in [0.1, 0.15) is 65.5 Å². The Labute approximate surface area is 130 Å². The molecule has 2 aromatic rings. The van der Waals surface area contributed by atoms with Crippen LogP contribution in [-0.4, -0.2) is 14.8 Å². The zero-order valence-electron chi connectivity index (χ0n) is 12.9. The summed E-state index contributed by atoms with van der Waals surface area (Å²) in [5.41, 5.74) is 8.51. The van der Waals surface area contributed by atoms with Crippen LogP contribution < -0.4 is 5.73 Å². The molecule has 2 aromatic heterocycles. The normalized spacial score (nSPS) is 18.0. The molecule has 0 amide bonds. The molecule has 114 valence electrons. The van der Waals surface area contributed by atoms with E-state index in [9.17, 15) is 0 Å². The van der Waals surface area contributed by atoms with Gasteiger partial charge in [-0.05, 0) is 32.8 Å². The maximum Gasteiger partial charge on any atom is 0.0900 e. The van der Waals surface area contributed by atoms with Crippen molar-refractivity contribution in [1.29, 1.82) is 0 Å². The minimum absolute atomic E-state index is 0.00547. The fourth-order valence-corrected chi connectivity index (χ4v) is 4.17. The van der Waals surface area contributed by atoms with Crippen molar-refractivity contribution in [3.63, 3.8) is 0 Å². The van der Waals surface area contributed by atoms with Crippen LogP contribution in [0.5, 0.6) is 0 Å². The quantitative estimate of drug-likeness (QED) is 0.937. The molecule has 0 radical (unpaired) electrons. The number of thiazole rings is 1. The first-order chi connectivity index (χ1) is 10.1. The van der Waals surface area contributed by atoms with Gasteiger partial charge in [-0.25, -0.2) is 4.98 Å². The largest absolute Gasteiger partial charge is 0.323 e. The van der Waals surface area contributed by atoms with Crippen LogP contribution in [0.25, 0.3) is 0 Å². The van der Waals surface area contributed by atoms with Crippen molar-refractivity contribution in [2.45, 2.75) is 64.5 Å². The predicted molar refractivity (Wildman–Crippen MR) is 86.6 cm³/mol. The van der Waals surface area contributed by atoms with Gasteiger partial charge >= 0.3 is 0 Å². The van der Waals surface area contributed by atoms with Crippen LogP contribution in [0, 0.1) is 13.8 Å². The van der Waals surface area contributed by atoms with Gasteiger partial charge in [-0.1, -0.05) is 19.3 Å². The first-order valence-corrected chi connectivity index (χ1v) is 8.68. The van der Waals surface area contributed by atoms with E-state index in [-0.39, 0.29) is 6.04 Å². The van der Waals surface area contributed by atoms with E-state index in [1.165, 1.54) is 37.0 Å². The van der Waals surface area contributed by atoms with Gasteiger partial charge in [0, 0.05) is 23.5 Å². The third-order valence-corrected chi connectivity index (χ3v) is 5.52. The Hall–Kier alpha value is -1.20. The summed E-state index contributed by atoms with van der Waals surface area (Å²) in [6.45, 7) is 4.07. The first kappa shape index (κ1) is 14.7. The van der Waals surface area contributed by atoms with E-state index in [2.05, 4.69) is 21.9 Å². The molecule has 2 heterocycles. The van der Waals surface area contributed by atoms with Gasteiger partial charge in [-0.2, -0.15) is 5.10 Å². The summed E-state index contributed by atoms with van der Waals surface area (Å²) in [6, 6.07) is 2.72. The third-order valence-electron chi connectivity index (χ3n) is 4.32. The van der Waals surface area contributed by atoms with Crippen LogP contribution >= 0.6 is 11.3 Å². The topological polar surface area (TPSA) is 56.7 Å². The zero-order valence-corrected chi connectivity index (χ0v) is 13.7. The van der Waals surface area contributed by atoms with E-state index < -0.39 is 0 Å². The number of hydrogen-bond donors (Lipinski definition) is 1. The molecule has 21 heavy (non-hydrogen) atoms. The molecular weight excluding hydrogens is 280 g/mol. The standard InChI is InChI=1S/C16H24N4S/c1-11-16(21-12(2)18-11)15(17)10-13-8-9-20(19-13)14-6-4-3-5-7-14/h8-9,14-15H,3-7,10,17H2,1-2H3. The second kappa shape index (κ2) is 6.28. The van der Waals surface area contributed by atoms with Gasteiger partial charge in [0.25, 0.3) is 0 Å². The Balaban J connectivity index is 1.67. The summed E-state index contributed by atoms with van der Waals surface area (Å²) in [6.07, 6.45) is 9.49. The second-order valence-electron chi connectivity index (χ2n) is 6.07. The van der Waals surface area contributed by atoms with Crippen molar-refractivity contribution in [2.24, 2.45) is 5.73 Å². The van der Waals surface area contributed by atoms with Crippen LogP contribution in [0.3, 0.4) is 0 Å². The molecule has 1 fully saturated rings. The fourth-order valence-electron chi connectivity index (χ4n) is 3.24. The van der Waals surface area contributed by atoms with Gasteiger partial charge in [0.15, 0.2) is 0 Å². The second-order valence-corrected chi connectivity index (χ2v) is 7.31. The molecule has 2 N–H and O–H groups in total. The van der Waals surface area contributed by atoms with E-state index in [4.69, 9.17) is 10.8 Å². The molecule has 5 heteroatoms. The number of nitrogens with zero attached hydrogens (tertiary/aromatic N) is 3.